The van der Waals surface area contributed by atoms with E-state index in [1.54, 1.807) is 0 Å². The maximum absolute atomic E-state index is 6.25. The summed E-state index contributed by atoms with van der Waals surface area (Å²) in [5.41, 5.74) is 6.75. The van der Waals surface area contributed by atoms with Gasteiger partial charge in [-0.05, 0) is 38.2 Å². The van der Waals surface area contributed by atoms with Crippen LogP contribution in [-0.2, 0) is 24.7 Å². The summed E-state index contributed by atoms with van der Waals surface area (Å²) in [6, 6.07) is 10.1. The zero-order valence-electron chi connectivity index (χ0n) is 14.1. The molecule has 0 saturated carbocycles. The van der Waals surface area contributed by atoms with Crippen molar-refractivity contribution in [1.82, 2.24) is 10.9 Å². The van der Waals surface area contributed by atoms with Gasteiger partial charge in [-0.15, -0.1) is 0 Å². The predicted octanol–water partition coefficient (Wildman–Crippen LogP) is 2.01. The van der Waals surface area contributed by atoms with Crippen LogP contribution in [-0.4, -0.2) is 37.9 Å². The highest BCUT2D eigenvalue weighted by molar-refractivity contribution is 5.21. The van der Waals surface area contributed by atoms with Crippen molar-refractivity contribution in [1.29, 1.82) is 0 Å². The molecule has 4 rings (SSSR count). The van der Waals surface area contributed by atoms with Crippen LogP contribution in [0.1, 0.15) is 38.2 Å². The quantitative estimate of drug-likeness (QED) is 0.859. The molecule has 3 saturated heterocycles. The first-order valence-corrected chi connectivity index (χ1v) is 8.89. The lowest BCUT2D eigenvalue weighted by Gasteiger charge is -2.30. The van der Waals surface area contributed by atoms with E-state index in [2.05, 4.69) is 10.9 Å². The molecule has 3 heterocycles. The van der Waals surface area contributed by atoms with Crippen LogP contribution < -0.4 is 10.9 Å². The highest BCUT2D eigenvalue weighted by atomic mass is 16.7. The summed E-state index contributed by atoms with van der Waals surface area (Å²) < 4.78 is 24.1. The molecule has 6 nitrogen and oxygen atoms in total. The van der Waals surface area contributed by atoms with Gasteiger partial charge in [-0.3, -0.25) is 0 Å². The molecule has 4 atom stereocenters. The second-order valence-electron chi connectivity index (χ2n) is 6.82. The largest absolute Gasteiger partial charge is 0.375 e. The number of ether oxygens (including phenoxy) is 4. The lowest BCUT2D eigenvalue weighted by atomic mass is 10.0. The minimum Gasteiger partial charge on any atom is -0.375 e. The van der Waals surface area contributed by atoms with E-state index in [4.69, 9.17) is 18.9 Å². The van der Waals surface area contributed by atoms with E-state index < -0.39 is 12.1 Å². The Labute approximate surface area is 142 Å². The number of hydrazine groups is 1. The van der Waals surface area contributed by atoms with Crippen molar-refractivity contribution in [3.63, 3.8) is 0 Å². The molecule has 0 aliphatic carbocycles. The number of hydrogen-bond donors (Lipinski definition) is 2. The first-order chi connectivity index (χ1) is 11.7. The number of nitrogens with one attached hydrogen (secondary N) is 2. The molecule has 3 aliphatic heterocycles. The van der Waals surface area contributed by atoms with Gasteiger partial charge in [0.25, 0.3) is 0 Å². The number of benzene rings is 1. The van der Waals surface area contributed by atoms with Crippen molar-refractivity contribution in [3.05, 3.63) is 35.9 Å². The third-order valence-corrected chi connectivity index (χ3v) is 5.04. The molecule has 6 heteroatoms. The monoisotopic (exact) mass is 334 g/mol. The fraction of sp³-hybridized carbons (Fsp3) is 0.667. The molecule has 132 valence electrons. The van der Waals surface area contributed by atoms with E-state index in [0.29, 0.717) is 0 Å². The van der Waals surface area contributed by atoms with Gasteiger partial charge in [0.15, 0.2) is 5.72 Å². The van der Waals surface area contributed by atoms with E-state index >= 15 is 0 Å². The second kappa shape index (κ2) is 7.07. The Morgan fingerprint density at radius 3 is 2.33 bits per heavy atom. The van der Waals surface area contributed by atoms with Crippen LogP contribution in [0.2, 0.25) is 0 Å². The molecule has 0 bridgehead atoms. The van der Waals surface area contributed by atoms with Gasteiger partial charge in [-0.2, -0.15) is 0 Å². The van der Waals surface area contributed by atoms with Gasteiger partial charge in [-0.25, -0.2) is 10.9 Å². The highest BCUT2D eigenvalue weighted by Gasteiger charge is 2.43. The van der Waals surface area contributed by atoms with E-state index in [9.17, 15) is 0 Å². The maximum atomic E-state index is 6.25. The Morgan fingerprint density at radius 2 is 1.75 bits per heavy atom. The van der Waals surface area contributed by atoms with Crippen molar-refractivity contribution in [2.75, 3.05) is 13.2 Å². The van der Waals surface area contributed by atoms with Crippen molar-refractivity contribution >= 4 is 0 Å². The number of rotatable bonds is 5. The molecule has 24 heavy (non-hydrogen) atoms. The van der Waals surface area contributed by atoms with Gasteiger partial charge >= 0.3 is 0 Å². The summed E-state index contributed by atoms with van der Waals surface area (Å²) in [4.78, 5) is 0. The molecule has 3 aliphatic rings. The molecule has 1 aromatic carbocycles. The fourth-order valence-corrected chi connectivity index (χ4v) is 3.71. The third kappa shape index (κ3) is 3.35. The van der Waals surface area contributed by atoms with Gasteiger partial charge < -0.3 is 18.9 Å². The SMILES string of the molecule is CC1(c2ccccc2)NNC(OC(C2CCCO2)C2CCCO2)O1. The smallest absolute Gasteiger partial charge is 0.231 e. The summed E-state index contributed by atoms with van der Waals surface area (Å²) in [6.45, 7) is 3.60. The van der Waals surface area contributed by atoms with Gasteiger partial charge in [0, 0.05) is 13.2 Å². The average Bonchev–Trinajstić information content (AvgIpc) is 3.36. The van der Waals surface area contributed by atoms with Crippen LogP contribution >= 0.6 is 0 Å². The normalized spacial score (nSPS) is 37.8. The molecule has 1 aromatic rings. The molecular formula is C18H26N2O4. The summed E-state index contributed by atoms with van der Waals surface area (Å²) >= 11 is 0. The summed E-state index contributed by atoms with van der Waals surface area (Å²) in [6.07, 6.45) is 3.72. The van der Waals surface area contributed by atoms with E-state index in [1.807, 2.05) is 37.3 Å². The molecule has 0 amide bonds. The van der Waals surface area contributed by atoms with Gasteiger partial charge in [0.1, 0.15) is 6.10 Å². The Balaban J connectivity index is 1.43. The lowest BCUT2D eigenvalue weighted by Crippen LogP contribution is -2.45. The molecule has 0 radical (unpaired) electrons. The van der Waals surface area contributed by atoms with Crippen molar-refractivity contribution in [2.45, 2.75) is 63.1 Å². The molecule has 3 fully saturated rings. The Morgan fingerprint density at radius 1 is 1.08 bits per heavy atom. The van der Waals surface area contributed by atoms with Crippen molar-refractivity contribution < 1.29 is 18.9 Å². The highest BCUT2D eigenvalue weighted by Crippen LogP contribution is 2.31. The first-order valence-electron chi connectivity index (χ1n) is 8.89. The van der Waals surface area contributed by atoms with Crippen molar-refractivity contribution in [3.8, 4) is 0 Å². The Kier molecular flexibility index (Phi) is 4.85. The van der Waals surface area contributed by atoms with Gasteiger partial charge in [0.2, 0.25) is 6.41 Å². The lowest BCUT2D eigenvalue weighted by molar-refractivity contribution is -0.233. The molecule has 0 aromatic heterocycles. The zero-order valence-corrected chi connectivity index (χ0v) is 14.1. The maximum Gasteiger partial charge on any atom is 0.231 e. The summed E-state index contributed by atoms with van der Waals surface area (Å²) in [5.74, 6) is 0. The van der Waals surface area contributed by atoms with E-state index in [1.165, 1.54) is 0 Å². The van der Waals surface area contributed by atoms with Gasteiger partial charge in [-0.1, -0.05) is 30.3 Å². The van der Waals surface area contributed by atoms with Crippen LogP contribution in [0.15, 0.2) is 30.3 Å². The second-order valence-corrected chi connectivity index (χ2v) is 6.82. The predicted molar refractivity (Wildman–Crippen MR) is 87.8 cm³/mol. The minimum atomic E-state index is -0.621. The fourth-order valence-electron chi connectivity index (χ4n) is 3.71. The van der Waals surface area contributed by atoms with E-state index in [0.717, 1.165) is 44.5 Å². The standard InChI is InChI=1S/C18H26N2O4/c1-18(13-7-3-2-4-8-13)20-19-17(24-18)23-16(14-9-5-11-21-14)15-10-6-12-22-15/h2-4,7-8,14-17,19-20H,5-6,9-12H2,1H3. The van der Waals surface area contributed by atoms with Crippen LogP contribution in [0.3, 0.4) is 0 Å². The van der Waals surface area contributed by atoms with E-state index in [-0.39, 0.29) is 18.3 Å². The number of hydrogen-bond acceptors (Lipinski definition) is 6. The van der Waals surface area contributed by atoms with Crippen molar-refractivity contribution in [2.24, 2.45) is 0 Å². The molecule has 2 N–H and O–H groups in total. The minimum absolute atomic E-state index is 0.0853. The first kappa shape index (κ1) is 16.4. The zero-order chi connectivity index (χ0) is 16.4. The third-order valence-electron chi connectivity index (χ3n) is 5.04. The molecule has 0 spiro atoms. The van der Waals surface area contributed by atoms with Crippen LogP contribution in [0.25, 0.3) is 0 Å². The average molecular weight is 334 g/mol. The topological polar surface area (TPSA) is 61.0 Å². The molecular weight excluding hydrogens is 308 g/mol. The summed E-state index contributed by atoms with van der Waals surface area (Å²) in [5, 5.41) is 0. The summed E-state index contributed by atoms with van der Waals surface area (Å²) in [7, 11) is 0. The Bertz CT molecular complexity index is 515. The molecule has 4 unspecified atom stereocenters. The van der Waals surface area contributed by atoms with Gasteiger partial charge in [0.05, 0.1) is 12.2 Å². The van der Waals surface area contributed by atoms with Crippen LogP contribution in [0.5, 0.6) is 0 Å². The van der Waals surface area contributed by atoms with Crippen LogP contribution in [0.4, 0.5) is 0 Å². The van der Waals surface area contributed by atoms with Crippen LogP contribution in [0, 0.1) is 0 Å². The Hall–Kier alpha value is -1.02.